The van der Waals surface area contributed by atoms with Crippen LogP contribution >= 0.6 is 11.6 Å². The molecule has 1 aliphatic rings. The molecule has 0 saturated carbocycles. The van der Waals surface area contributed by atoms with Crippen molar-refractivity contribution in [1.82, 2.24) is 15.5 Å². The van der Waals surface area contributed by atoms with Gasteiger partial charge in [-0.15, -0.1) is 0 Å². The zero-order chi connectivity index (χ0) is 25.8. The first-order valence-corrected chi connectivity index (χ1v) is 12.5. The fourth-order valence-electron chi connectivity index (χ4n) is 4.15. The van der Waals surface area contributed by atoms with Gasteiger partial charge < -0.3 is 35.5 Å². The summed E-state index contributed by atoms with van der Waals surface area (Å²) in [6.45, 7) is 2.40. The molecule has 0 spiro atoms. The highest BCUT2D eigenvalue weighted by molar-refractivity contribution is 6.30. The van der Waals surface area contributed by atoms with Crippen LogP contribution in [0.4, 0.5) is 9.59 Å². The Morgan fingerprint density at radius 3 is 2.72 bits per heavy atom. The van der Waals surface area contributed by atoms with Crippen LogP contribution in [0.15, 0.2) is 54.6 Å². The molecule has 3 amide bonds. The molecule has 9 nitrogen and oxygen atoms in total. The number of benzene rings is 2. The number of piperidine rings is 1. The molecular formula is C26H35ClN4O5. The summed E-state index contributed by atoms with van der Waals surface area (Å²) in [5, 5.41) is 6.16. The number of halogens is 1. The van der Waals surface area contributed by atoms with Crippen LogP contribution in [0.2, 0.25) is 5.02 Å². The van der Waals surface area contributed by atoms with Crippen LogP contribution in [0.3, 0.4) is 0 Å². The van der Waals surface area contributed by atoms with E-state index in [0.717, 1.165) is 24.2 Å². The largest absolute Gasteiger partial charge is 0.492 e. The number of amides is 3. The Kier molecular flexibility index (Phi) is 11.1. The van der Waals surface area contributed by atoms with E-state index < -0.39 is 6.09 Å². The zero-order valence-electron chi connectivity index (χ0n) is 20.5. The van der Waals surface area contributed by atoms with Crippen molar-refractivity contribution in [2.45, 2.75) is 25.0 Å². The quantitative estimate of drug-likeness (QED) is 0.392. The number of nitrogens with zero attached hydrogens (tertiary/aromatic N) is 1. The minimum Gasteiger partial charge on any atom is -0.492 e. The van der Waals surface area contributed by atoms with E-state index in [1.165, 1.54) is 7.11 Å². The van der Waals surface area contributed by atoms with E-state index in [4.69, 9.17) is 26.8 Å². The van der Waals surface area contributed by atoms with Gasteiger partial charge in [0.1, 0.15) is 12.4 Å². The van der Waals surface area contributed by atoms with Gasteiger partial charge in [-0.05, 0) is 42.7 Å². The maximum absolute atomic E-state index is 12.9. The van der Waals surface area contributed by atoms with Crippen LogP contribution in [-0.4, -0.2) is 69.6 Å². The SMILES string of the molecule is COC(=O)NCCOC(c1cccc(Cl)c1)[C@@H]1CCCN(C(=O)NC[C@@H](N)COc2ccccc2)C1. The number of rotatable bonds is 11. The number of para-hydroxylation sites is 1. The van der Waals surface area contributed by atoms with E-state index in [-0.39, 0.29) is 24.1 Å². The molecule has 0 radical (unpaired) electrons. The minimum absolute atomic E-state index is 0.0659. The summed E-state index contributed by atoms with van der Waals surface area (Å²) in [6.07, 6.45) is 0.962. The Bertz CT molecular complexity index is 964. The summed E-state index contributed by atoms with van der Waals surface area (Å²) >= 11 is 6.24. The first-order chi connectivity index (χ1) is 17.5. The highest BCUT2D eigenvalue weighted by Crippen LogP contribution is 2.34. The van der Waals surface area contributed by atoms with Gasteiger partial charge in [-0.1, -0.05) is 41.9 Å². The second kappa shape index (κ2) is 14.5. The van der Waals surface area contributed by atoms with Crippen molar-refractivity contribution in [1.29, 1.82) is 0 Å². The maximum Gasteiger partial charge on any atom is 0.406 e. The second-order valence-electron chi connectivity index (χ2n) is 8.68. The van der Waals surface area contributed by atoms with Crippen LogP contribution in [0.5, 0.6) is 5.75 Å². The van der Waals surface area contributed by atoms with Crippen molar-refractivity contribution < 1.29 is 23.8 Å². The first kappa shape index (κ1) is 27.6. The highest BCUT2D eigenvalue weighted by Gasteiger charge is 2.31. The summed E-state index contributed by atoms with van der Waals surface area (Å²) in [7, 11) is 1.32. The molecular weight excluding hydrogens is 484 g/mol. The van der Waals surface area contributed by atoms with E-state index >= 15 is 0 Å². The van der Waals surface area contributed by atoms with Gasteiger partial charge in [0.2, 0.25) is 0 Å². The third kappa shape index (κ3) is 8.89. The number of methoxy groups -OCH3 is 1. The number of likely N-dealkylation sites (tertiary alicyclic amines) is 1. The fraction of sp³-hybridized carbons (Fsp3) is 0.462. The van der Waals surface area contributed by atoms with E-state index in [2.05, 4.69) is 15.4 Å². The number of carbonyl (C=O) groups is 2. The molecule has 1 aliphatic heterocycles. The van der Waals surface area contributed by atoms with Gasteiger partial charge in [-0.25, -0.2) is 9.59 Å². The molecule has 0 bridgehead atoms. The third-order valence-electron chi connectivity index (χ3n) is 5.93. The number of ether oxygens (including phenoxy) is 3. The lowest BCUT2D eigenvalue weighted by atomic mass is 9.88. The molecule has 1 fully saturated rings. The molecule has 36 heavy (non-hydrogen) atoms. The molecule has 1 unspecified atom stereocenters. The van der Waals surface area contributed by atoms with Gasteiger partial charge in [-0.2, -0.15) is 0 Å². The molecule has 0 aromatic heterocycles. The van der Waals surface area contributed by atoms with Crippen molar-refractivity contribution in [3.05, 3.63) is 65.2 Å². The van der Waals surface area contributed by atoms with E-state index in [1.54, 1.807) is 4.90 Å². The fourth-order valence-corrected chi connectivity index (χ4v) is 4.35. The molecule has 2 aromatic rings. The van der Waals surface area contributed by atoms with Crippen LogP contribution in [0, 0.1) is 5.92 Å². The number of urea groups is 1. The molecule has 0 aliphatic carbocycles. The van der Waals surface area contributed by atoms with Crippen LogP contribution in [-0.2, 0) is 9.47 Å². The van der Waals surface area contributed by atoms with Crippen molar-refractivity contribution >= 4 is 23.7 Å². The van der Waals surface area contributed by atoms with Gasteiger partial charge in [0, 0.05) is 37.1 Å². The Morgan fingerprint density at radius 1 is 1.17 bits per heavy atom. The molecule has 3 rings (SSSR count). The number of nitrogens with one attached hydrogen (secondary N) is 2. The van der Waals surface area contributed by atoms with E-state index in [9.17, 15) is 9.59 Å². The van der Waals surface area contributed by atoms with Gasteiger partial charge in [0.25, 0.3) is 0 Å². The lowest BCUT2D eigenvalue weighted by Gasteiger charge is -2.37. The average molecular weight is 519 g/mol. The number of hydrogen-bond donors (Lipinski definition) is 3. The van der Waals surface area contributed by atoms with Crippen molar-refractivity contribution in [2.24, 2.45) is 11.7 Å². The number of alkyl carbamates (subject to hydrolysis) is 1. The van der Waals surface area contributed by atoms with Gasteiger partial charge in [-0.3, -0.25) is 0 Å². The van der Waals surface area contributed by atoms with Gasteiger partial charge in [0.05, 0.1) is 25.9 Å². The normalized spacial score (nSPS) is 17.1. The Hall–Kier alpha value is -3.01. The maximum atomic E-state index is 12.9. The lowest BCUT2D eigenvalue weighted by Crippen LogP contribution is -2.50. The molecule has 1 saturated heterocycles. The molecule has 10 heteroatoms. The monoisotopic (exact) mass is 518 g/mol. The minimum atomic E-state index is -0.509. The number of hydrogen-bond acceptors (Lipinski definition) is 6. The lowest BCUT2D eigenvalue weighted by molar-refractivity contribution is -0.00849. The Labute approximate surface area is 217 Å². The third-order valence-corrected chi connectivity index (χ3v) is 6.16. The predicted molar refractivity (Wildman–Crippen MR) is 138 cm³/mol. The summed E-state index contributed by atoms with van der Waals surface area (Å²) < 4.78 is 16.5. The standard InChI is InChI=1S/C26H35ClN4O5/c1-34-26(33)29-12-14-35-24(19-7-5-9-21(27)15-19)20-8-6-13-31(17-20)25(32)30-16-22(28)18-36-23-10-3-2-4-11-23/h2-5,7,9-11,15,20,22,24H,6,8,12-14,16-18,28H2,1H3,(H,29,33)(H,30,32)/t20-,22-,24?/m1/s1. The smallest absolute Gasteiger partial charge is 0.406 e. The Balaban J connectivity index is 1.53. The molecule has 1 heterocycles. The Morgan fingerprint density at radius 2 is 1.97 bits per heavy atom. The van der Waals surface area contributed by atoms with E-state index in [1.807, 2.05) is 54.6 Å². The zero-order valence-corrected chi connectivity index (χ0v) is 21.3. The summed E-state index contributed by atoms with van der Waals surface area (Å²) in [5.74, 6) is 0.808. The molecule has 196 valence electrons. The molecule has 2 aromatic carbocycles. The summed E-state index contributed by atoms with van der Waals surface area (Å²) in [6, 6.07) is 16.5. The van der Waals surface area contributed by atoms with Gasteiger partial charge in [0.15, 0.2) is 0 Å². The van der Waals surface area contributed by atoms with Crippen LogP contribution < -0.4 is 21.1 Å². The predicted octanol–water partition coefficient (Wildman–Crippen LogP) is 3.58. The topological polar surface area (TPSA) is 115 Å². The van der Waals surface area contributed by atoms with Crippen molar-refractivity contribution in [2.75, 3.05) is 46.5 Å². The molecule has 3 atom stereocenters. The first-order valence-electron chi connectivity index (χ1n) is 12.1. The van der Waals surface area contributed by atoms with Crippen molar-refractivity contribution in [3.63, 3.8) is 0 Å². The van der Waals surface area contributed by atoms with Crippen LogP contribution in [0.1, 0.15) is 24.5 Å². The number of carbonyl (C=O) groups excluding carboxylic acids is 2. The average Bonchev–Trinajstić information content (AvgIpc) is 2.91. The van der Waals surface area contributed by atoms with E-state index in [0.29, 0.717) is 44.4 Å². The van der Waals surface area contributed by atoms with Crippen LogP contribution in [0.25, 0.3) is 0 Å². The van der Waals surface area contributed by atoms with Crippen molar-refractivity contribution in [3.8, 4) is 5.75 Å². The number of nitrogens with two attached hydrogens (primary N) is 1. The summed E-state index contributed by atoms with van der Waals surface area (Å²) in [4.78, 5) is 26.0. The summed E-state index contributed by atoms with van der Waals surface area (Å²) in [5.41, 5.74) is 7.07. The molecule has 4 N–H and O–H groups in total. The second-order valence-corrected chi connectivity index (χ2v) is 9.12. The van der Waals surface area contributed by atoms with Gasteiger partial charge >= 0.3 is 12.1 Å². The highest BCUT2D eigenvalue weighted by atomic mass is 35.5.